The zero-order valence-corrected chi connectivity index (χ0v) is 12.9. The largest absolute Gasteiger partial charge is 0.307 e. The minimum absolute atomic E-state index is 0.118. The molecule has 0 saturated heterocycles. The third-order valence-corrected chi connectivity index (χ3v) is 3.96. The highest BCUT2D eigenvalue weighted by Gasteiger charge is 2.31. The smallest absolute Gasteiger partial charge is 0.162 e. The zero-order valence-electron chi connectivity index (χ0n) is 12.1. The summed E-state index contributed by atoms with van der Waals surface area (Å²) in [6.45, 7) is 5.11. The van der Waals surface area contributed by atoms with Crippen LogP contribution in [0.15, 0.2) is 41.1 Å². The van der Waals surface area contributed by atoms with Gasteiger partial charge in [0.1, 0.15) is 0 Å². The highest BCUT2D eigenvalue weighted by Crippen LogP contribution is 2.37. The van der Waals surface area contributed by atoms with Crippen molar-refractivity contribution in [3.63, 3.8) is 0 Å². The minimum Gasteiger partial charge on any atom is -0.307 e. The molecule has 5 heteroatoms. The molecule has 1 aliphatic rings. The van der Waals surface area contributed by atoms with Gasteiger partial charge in [0.15, 0.2) is 5.78 Å². The number of hydrogen-bond donors (Lipinski definition) is 1. The van der Waals surface area contributed by atoms with Gasteiger partial charge in [-0.1, -0.05) is 23.7 Å². The number of nitriles is 1. The second kappa shape index (κ2) is 5.72. The van der Waals surface area contributed by atoms with E-state index in [0.29, 0.717) is 27.4 Å². The van der Waals surface area contributed by atoms with E-state index in [1.807, 2.05) is 19.1 Å². The fraction of sp³-hybridized carbons (Fsp3) is 0.250. The molecule has 0 fully saturated rings. The Morgan fingerprint density at radius 2 is 1.95 bits per heavy atom. The van der Waals surface area contributed by atoms with Gasteiger partial charge in [0.2, 0.25) is 0 Å². The molecule has 1 aromatic carbocycles. The average molecular weight is 302 g/mol. The maximum Gasteiger partial charge on any atom is 0.162 e. The van der Waals surface area contributed by atoms with Gasteiger partial charge in [-0.15, -0.1) is 0 Å². The van der Waals surface area contributed by atoms with Crippen molar-refractivity contribution in [2.75, 3.05) is 0 Å². The third kappa shape index (κ3) is 2.58. The lowest BCUT2D eigenvalue weighted by Crippen LogP contribution is -2.42. The molecule has 21 heavy (non-hydrogen) atoms. The van der Waals surface area contributed by atoms with Gasteiger partial charge in [-0.25, -0.2) is 5.84 Å². The summed E-state index contributed by atoms with van der Waals surface area (Å²) in [5.74, 6) is 5.88. The summed E-state index contributed by atoms with van der Waals surface area (Å²) in [6, 6.07) is 9.01. The molecule has 0 amide bonds. The van der Waals surface area contributed by atoms with E-state index in [4.69, 9.17) is 17.4 Å². The average Bonchev–Trinajstić information content (AvgIpc) is 2.45. The van der Waals surface area contributed by atoms with Crippen molar-refractivity contribution in [2.24, 2.45) is 5.84 Å². The van der Waals surface area contributed by atoms with Crippen molar-refractivity contribution in [2.45, 2.75) is 26.8 Å². The van der Waals surface area contributed by atoms with Crippen LogP contribution in [0.4, 0.5) is 0 Å². The van der Waals surface area contributed by atoms with Crippen molar-refractivity contribution < 1.29 is 4.79 Å². The van der Waals surface area contributed by atoms with Gasteiger partial charge in [-0.3, -0.25) is 4.79 Å². The molecule has 0 saturated carbocycles. The van der Waals surface area contributed by atoms with Crippen LogP contribution in [-0.4, -0.2) is 16.8 Å². The van der Waals surface area contributed by atoms with Crippen LogP contribution < -0.4 is 5.84 Å². The maximum atomic E-state index is 12.1. The van der Waals surface area contributed by atoms with E-state index in [1.165, 1.54) is 11.9 Å². The first-order chi connectivity index (χ1) is 9.88. The number of nitrogens with zero attached hydrogens (tertiary/aromatic N) is 2. The van der Waals surface area contributed by atoms with Gasteiger partial charge < -0.3 is 5.01 Å². The summed E-state index contributed by atoms with van der Waals surface area (Å²) in [5, 5.41) is 11.6. The molecule has 1 aromatic rings. The van der Waals surface area contributed by atoms with Crippen LogP contribution in [-0.2, 0) is 4.79 Å². The van der Waals surface area contributed by atoms with Gasteiger partial charge in [0, 0.05) is 21.9 Å². The Balaban J connectivity index is 2.77. The molecule has 1 aliphatic heterocycles. The van der Waals surface area contributed by atoms with E-state index in [1.54, 1.807) is 19.1 Å². The van der Waals surface area contributed by atoms with Crippen molar-refractivity contribution in [3.05, 3.63) is 51.7 Å². The van der Waals surface area contributed by atoms with Crippen molar-refractivity contribution in [1.29, 1.82) is 5.26 Å². The van der Waals surface area contributed by atoms with Crippen LogP contribution in [0.5, 0.6) is 0 Å². The molecule has 0 aromatic heterocycles. The zero-order chi connectivity index (χ0) is 15.7. The van der Waals surface area contributed by atoms with Crippen molar-refractivity contribution in [3.8, 4) is 6.07 Å². The topological polar surface area (TPSA) is 70.1 Å². The number of halogens is 1. The molecule has 1 unspecified atom stereocenters. The predicted molar refractivity (Wildman–Crippen MR) is 82.9 cm³/mol. The number of rotatable bonds is 2. The first-order valence-corrected chi connectivity index (χ1v) is 6.92. The molecule has 2 rings (SSSR count). The van der Waals surface area contributed by atoms with E-state index in [2.05, 4.69) is 6.07 Å². The minimum atomic E-state index is -0.288. The van der Waals surface area contributed by atoms with Crippen molar-refractivity contribution >= 4 is 23.0 Å². The Kier molecular flexibility index (Phi) is 4.17. The Morgan fingerprint density at radius 3 is 2.43 bits per heavy atom. The molecule has 1 heterocycles. The molecule has 0 bridgehead atoms. The first kappa shape index (κ1) is 15.3. The molecular formula is C16H16ClN3O. The Morgan fingerprint density at radius 1 is 1.38 bits per heavy atom. The molecule has 0 radical (unpaired) electrons. The summed E-state index contributed by atoms with van der Waals surface area (Å²) in [5.41, 5.74) is 3.07. The highest BCUT2D eigenvalue weighted by molar-refractivity contribution is 6.30. The molecular weight excluding hydrogens is 286 g/mol. The SMILES string of the molecule is CC(=O)C1=C(C)N(N)C(C)C(C#N)=C1c1ccc(Cl)cc1. The third-order valence-electron chi connectivity index (χ3n) is 3.71. The second-order valence-corrected chi connectivity index (χ2v) is 5.44. The summed E-state index contributed by atoms with van der Waals surface area (Å²) in [7, 11) is 0. The standard InChI is InChI=1S/C16H16ClN3O/c1-9-14(8-18)16(12-4-6-13(17)7-5-12)15(11(3)21)10(2)20(9)19/h4-7,9H,19H2,1-3H3. The monoisotopic (exact) mass is 301 g/mol. The number of hydrazine groups is 1. The number of benzene rings is 1. The number of Topliss-reactive ketones (excluding diaryl/α,β-unsaturated/α-hetero) is 1. The van der Waals surface area contributed by atoms with Crippen LogP contribution >= 0.6 is 11.6 Å². The molecule has 2 N–H and O–H groups in total. The number of ketones is 1. The van der Waals surface area contributed by atoms with E-state index in [-0.39, 0.29) is 11.8 Å². The molecule has 108 valence electrons. The highest BCUT2D eigenvalue weighted by atomic mass is 35.5. The molecule has 0 spiro atoms. The van der Waals surface area contributed by atoms with Gasteiger partial charge in [-0.2, -0.15) is 5.26 Å². The molecule has 0 aliphatic carbocycles. The molecule has 4 nitrogen and oxygen atoms in total. The summed E-state index contributed by atoms with van der Waals surface area (Å²) in [6.07, 6.45) is 0. The van der Waals surface area contributed by atoms with Gasteiger partial charge >= 0.3 is 0 Å². The lowest BCUT2D eigenvalue weighted by atomic mass is 9.84. The fourth-order valence-corrected chi connectivity index (χ4v) is 2.71. The Bertz CT molecular complexity index is 695. The quantitative estimate of drug-likeness (QED) is 0.852. The lowest BCUT2D eigenvalue weighted by molar-refractivity contribution is -0.113. The maximum absolute atomic E-state index is 12.1. The van der Waals surface area contributed by atoms with E-state index < -0.39 is 0 Å². The van der Waals surface area contributed by atoms with Gasteiger partial charge in [-0.05, 0) is 38.5 Å². The predicted octanol–water partition coefficient (Wildman–Crippen LogP) is 3.06. The number of hydrogen-bond acceptors (Lipinski definition) is 4. The van der Waals surface area contributed by atoms with Crippen LogP contribution in [0.2, 0.25) is 5.02 Å². The van der Waals surface area contributed by atoms with E-state index in [9.17, 15) is 10.1 Å². The number of carbonyl (C=O) groups is 1. The van der Waals surface area contributed by atoms with Gasteiger partial charge in [0.25, 0.3) is 0 Å². The molecule has 1 atom stereocenters. The lowest BCUT2D eigenvalue weighted by Gasteiger charge is -2.34. The fourth-order valence-electron chi connectivity index (χ4n) is 2.58. The summed E-state index contributed by atoms with van der Waals surface area (Å²) in [4.78, 5) is 12.1. The van der Waals surface area contributed by atoms with Crippen LogP contribution in [0.25, 0.3) is 5.57 Å². The van der Waals surface area contributed by atoms with Crippen LogP contribution in [0.1, 0.15) is 26.3 Å². The number of allylic oxidation sites excluding steroid dienone is 3. The summed E-state index contributed by atoms with van der Waals surface area (Å²) < 4.78 is 0. The van der Waals surface area contributed by atoms with Crippen LogP contribution in [0, 0.1) is 11.3 Å². The Labute approximate surface area is 129 Å². The second-order valence-electron chi connectivity index (χ2n) is 5.01. The first-order valence-electron chi connectivity index (χ1n) is 6.54. The normalized spacial score (nSPS) is 18.9. The number of nitrogens with two attached hydrogens (primary N) is 1. The van der Waals surface area contributed by atoms with E-state index in [0.717, 1.165) is 5.56 Å². The van der Waals surface area contributed by atoms with Gasteiger partial charge in [0.05, 0.1) is 17.7 Å². The van der Waals surface area contributed by atoms with Crippen LogP contribution in [0.3, 0.4) is 0 Å². The van der Waals surface area contributed by atoms with E-state index >= 15 is 0 Å². The summed E-state index contributed by atoms with van der Waals surface area (Å²) >= 11 is 5.91. The number of carbonyl (C=O) groups excluding carboxylic acids is 1. The van der Waals surface area contributed by atoms with Crippen molar-refractivity contribution in [1.82, 2.24) is 5.01 Å². The Hall–Kier alpha value is -2.09.